The number of fused-ring (bicyclic) bond motifs is 1. The number of ether oxygens (including phenoxy) is 1. The largest absolute Gasteiger partial charge is 0.497 e. The number of hydrogen-bond donors (Lipinski definition) is 1. The van der Waals surface area contributed by atoms with Crippen molar-refractivity contribution in [1.29, 1.82) is 0 Å². The maximum absolute atomic E-state index is 13.1. The highest BCUT2D eigenvalue weighted by Crippen LogP contribution is 2.21. The SMILES string of the molecule is COc1ccc(Cn2nnnc2CN(Cc2cccs2)Cc2cc3ccc(C)c(C)c3[nH]c2=O)cc1. The molecule has 0 aliphatic rings. The van der Waals surface area contributed by atoms with Crippen LogP contribution in [0.5, 0.6) is 5.75 Å². The summed E-state index contributed by atoms with van der Waals surface area (Å²) in [4.78, 5) is 19.6. The lowest BCUT2D eigenvalue weighted by Gasteiger charge is -2.21. The maximum atomic E-state index is 13.1. The minimum atomic E-state index is -0.0646. The summed E-state index contributed by atoms with van der Waals surface area (Å²) < 4.78 is 7.06. The van der Waals surface area contributed by atoms with Gasteiger partial charge in [-0.1, -0.05) is 30.3 Å². The first kappa shape index (κ1) is 23.9. The van der Waals surface area contributed by atoms with E-state index in [-0.39, 0.29) is 5.56 Å². The van der Waals surface area contributed by atoms with Gasteiger partial charge in [-0.15, -0.1) is 16.4 Å². The molecule has 184 valence electrons. The molecule has 8 nitrogen and oxygen atoms in total. The molecule has 0 radical (unpaired) electrons. The predicted octanol–water partition coefficient (Wildman–Crippen LogP) is 4.45. The summed E-state index contributed by atoms with van der Waals surface area (Å²) in [5.41, 5.74) is 4.89. The molecule has 0 amide bonds. The number of pyridine rings is 1. The number of rotatable bonds is 9. The van der Waals surface area contributed by atoms with E-state index in [0.717, 1.165) is 44.7 Å². The van der Waals surface area contributed by atoms with Crippen LogP contribution in [0.4, 0.5) is 0 Å². The van der Waals surface area contributed by atoms with Crippen molar-refractivity contribution in [2.75, 3.05) is 7.11 Å². The van der Waals surface area contributed by atoms with Gasteiger partial charge in [-0.25, -0.2) is 4.68 Å². The number of H-pyrrole nitrogens is 1. The second kappa shape index (κ2) is 10.4. The monoisotopic (exact) mass is 500 g/mol. The summed E-state index contributed by atoms with van der Waals surface area (Å²) >= 11 is 1.70. The molecule has 3 heterocycles. The van der Waals surface area contributed by atoms with E-state index in [1.165, 1.54) is 4.88 Å². The third kappa shape index (κ3) is 5.22. The van der Waals surface area contributed by atoms with Crippen LogP contribution in [-0.4, -0.2) is 37.2 Å². The topological polar surface area (TPSA) is 88.9 Å². The van der Waals surface area contributed by atoms with E-state index in [2.05, 4.69) is 55.9 Å². The molecule has 0 aliphatic carbocycles. The number of hydrogen-bond acceptors (Lipinski definition) is 7. The van der Waals surface area contributed by atoms with E-state index in [9.17, 15) is 4.79 Å². The Balaban J connectivity index is 1.41. The standard InChI is InChI=1S/C27H28N6O2S/c1-18-6-9-21-13-22(27(34)28-26(21)19(18)2)15-32(16-24-5-4-12-36-24)17-25-29-30-31-33(25)14-20-7-10-23(35-3)11-8-20/h4-13H,14-17H2,1-3H3,(H,28,34). The van der Waals surface area contributed by atoms with E-state index < -0.39 is 0 Å². The molecule has 2 aromatic carbocycles. The quantitative estimate of drug-likeness (QED) is 0.322. The van der Waals surface area contributed by atoms with Crippen LogP contribution in [0.2, 0.25) is 0 Å². The average Bonchev–Trinajstić information content (AvgIpc) is 3.55. The van der Waals surface area contributed by atoms with E-state index in [1.807, 2.05) is 43.3 Å². The van der Waals surface area contributed by atoms with Crippen molar-refractivity contribution in [3.05, 3.63) is 103 Å². The Kier molecular flexibility index (Phi) is 6.92. The van der Waals surface area contributed by atoms with Gasteiger partial charge < -0.3 is 9.72 Å². The van der Waals surface area contributed by atoms with Crippen LogP contribution in [0.15, 0.2) is 64.8 Å². The molecule has 5 rings (SSSR count). The number of aryl methyl sites for hydroxylation is 2. The highest BCUT2D eigenvalue weighted by molar-refractivity contribution is 7.09. The van der Waals surface area contributed by atoms with Gasteiger partial charge in [0.05, 0.1) is 25.7 Å². The summed E-state index contributed by atoms with van der Waals surface area (Å²) in [6.07, 6.45) is 0. The Morgan fingerprint density at radius 1 is 1.06 bits per heavy atom. The summed E-state index contributed by atoms with van der Waals surface area (Å²) in [6.45, 7) is 6.32. The maximum Gasteiger partial charge on any atom is 0.252 e. The van der Waals surface area contributed by atoms with Crippen LogP contribution in [-0.2, 0) is 26.2 Å². The molecule has 3 aromatic heterocycles. The molecule has 36 heavy (non-hydrogen) atoms. The smallest absolute Gasteiger partial charge is 0.252 e. The van der Waals surface area contributed by atoms with E-state index in [0.29, 0.717) is 26.2 Å². The van der Waals surface area contributed by atoms with Gasteiger partial charge in [-0.3, -0.25) is 9.69 Å². The van der Waals surface area contributed by atoms with Gasteiger partial charge in [0.2, 0.25) is 0 Å². The Bertz CT molecular complexity index is 1520. The summed E-state index contributed by atoms with van der Waals surface area (Å²) in [6, 6.07) is 18.2. The highest BCUT2D eigenvalue weighted by atomic mass is 32.1. The normalized spacial score (nSPS) is 11.4. The predicted molar refractivity (Wildman–Crippen MR) is 141 cm³/mol. The van der Waals surface area contributed by atoms with Gasteiger partial charge in [0, 0.05) is 23.5 Å². The lowest BCUT2D eigenvalue weighted by atomic mass is 10.0. The summed E-state index contributed by atoms with van der Waals surface area (Å²) in [5.74, 6) is 1.55. The lowest BCUT2D eigenvalue weighted by Crippen LogP contribution is -2.28. The van der Waals surface area contributed by atoms with Crippen LogP contribution in [0, 0.1) is 13.8 Å². The number of aromatic nitrogens is 5. The van der Waals surface area contributed by atoms with Crippen molar-refractivity contribution < 1.29 is 4.74 Å². The molecule has 0 atom stereocenters. The number of methoxy groups -OCH3 is 1. The molecule has 0 saturated heterocycles. The molecule has 0 aliphatic heterocycles. The first-order valence-electron chi connectivity index (χ1n) is 11.7. The average molecular weight is 501 g/mol. The second-order valence-corrected chi connectivity index (χ2v) is 9.95. The van der Waals surface area contributed by atoms with Gasteiger partial charge in [-0.2, -0.15) is 0 Å². The minimum absolute atomic E-state index is 0.0646. The zero-order valence-corrected chi connectivity index (χ0v) is 21.4. The molecule has 5 aromatic rings. The van der Waals surface area contributed by atoms with Crippen molar-refractivity contribution in [2.45, 2.75) is 40.0 Å². The molecule has 0 unspecified atom stereocenters. The van der Waals surface area contributed by atoms with Crippen LogP contribution < -0.4 is 10.3 Å². The summed E-state index contributed by atoms with van der Waals surface area (Å²) in [5, 5.41) is 15.6. The Morgan fingerprint density at radius 2 is 1.89 bits per heavy atom. The number of thiophene rings is 1. The molecule has 9 heteroatoms. The fourth-order valence-corrected chi connectivity index (χ4v) is 5.03. The van der Waals surface area contributed by atoms with Crippen molar-refractivity contribution in [1.82, 2.24) is 30.1 Å². The molecular formula is C27H28N6O2S. The van der Waals surface area contributed by atoms with Crippen LogP contribution in [0.1, 0.15) is 33.0 Å². The summed E-state index contributed by atoms with van der Waals surface area (Å²) in [7, 11) is 1.65. The van der Waals surface area contributed by atoms with Gasteiger partial charge >= 0.3 is 0 Å². The van der Waals surface area contributed by atoms with Crippen molar-refractivity contribution in [2.24, 2.45) is 0 Å². The minimum Gasteiger partial charge on any atom is -0.497 e. The molecule has 1 N–H and O–H groups in total. The van der Waals surface area contributed by atoms with E-state index >= 15 is 0 Å². The highest BCUT2D eigenvalue weighted by Gasteiger charge is 2.17. The van der Waals surface area contributed by atoms with Crippen molar-refractivity contribution in [3.63, 3.8) is 0 Å². The first-order chi connectivity index (χ1) is 17.5. The van der Waals surface area contributed by atoms with Crippen LogP contribution >= 0.6 is 11.3 Å². The van der Waals surface area contributed by atoms with E-state index in [4.69, 9.17) is 4.74 Å². The zero-order valence-electron chi connectivity index (χ0n) is 20.6. The molecule has 0 fully saturated rings. The molecule has 0 saturated carbocycles. The van der Waals surface area contributed by atoms with E-state index in [1.54, 1.807) is 23.1 Å². The van der Waals surface area contributed by atoms with Crippen molar-refractivity contribution >= 4 is 22.2 Å². The Morgan fingerprint density at radius 3 is 2.64 bits per heavy atom. The second-order valence-electron chi connectivity index (χ2n) is 8.92. The van der Waals surface area contributed by atoms with Gasteiger partial charge in [0.1, 0.15) is 5.75 Å². The zero-order chi connectivity index (χ0) is 25.1. The first-order valence-corrected chi connectivity index (χ1v) is 12.6. The fraction of sp³-hybridized carbons (Fsp3) is 0.259. The number of benzene rings is 2. The van der Waals surface area contributed by atoms with Crippen molar-refractivity contribution in [3.8, 4) is 5.75 Å². The molecule has 0 spiro atoms. The van der Waals surface area contributed by atoms with Gasteiger partial charge in [0.25, 0.3) is 5.56 Å². The number of tetrazole rings is 1. The number of aromatic amines is 1. The van der Waals surface area contributed by atoms with Crippen LogP contribution in [0.25, 0.3) is 10.9 Å². The molecular weight excluding hydrogens is 472 g/mol. The third-order valence-corrected chi connectivity index (χ3v) is 7.31. The van der Waals surface area contributed by atoms with Gasteiger partial charge in [-0.05, 0) is 76.0 Å². The number of nitrogens with zero attached hydrogens (tertiary/aromatic N) is 5. The molecule has 0 bridgehead atoms. The third-order valence-electron chi connectivity index (χ3n) is 6.44. The number of nitrogens with one attached hydrogen (secondary N) is 1. The van der Waals surface area contributed by atoms with Gasteiger partial charge in [0.15, 0.2) is 5.82 Å². The van der Waals surface area contributed by atoms with Crippen LogP contribution in [0.3, 0.4) is 0 Å². The lowest BCUT2D eigenvalue weighted by molar-refractivity contribution is 0.238. The Hall–Kier alpha value is -3.82. The Labute approximate surface area is 213 Å². The fourth-order valence-electron chi connectivity index (χ4n) is 4.28.